The van der Waals surface area contributed by atoms with Crippen molar-refractivity contribution >= 4 is 5.91 Å². The second-order valence-corrected chi connectivity index (χ2v) is 5.35. The van der Waals surface area contributed by atoms with Crippen molar-refractivity contribution in [2.24, 2.45) is 5.41 Å². The SMILES string of the molecule is CCCC1(C(=O)N(C)CC(C)O)CCCNC1. The molecule has 1 saturated heterocycles. The third-order valence-electron chi connectivity index (χ3n) is 3.54. The first kappa shape index (κ1) is 14.5. The summed E-state index contributed by atoms with van der Waals surface area (Å²) in [5.74, 6) is 0.187. The average Bonchev–Trinajstić information content (AvgIpc) is 2.28. The summed E-state index contributed by atoms with van der Waals surface area (Å²) in [6.45, 7) is 6.06. The van der Waals surface area contributed by atoms with Crippen molar-refractivity contribution in [3.8, 4) is 0 Å². The monoisotopic (exact) mass is 242 g/mol. The van der Waals surface area contributed by atoms with Gasteiger partial charge in [0, 0.05) is 20.1 Å². The van der Waals surface area contributed by atoms with Crippen molar-refractivity contribution in [2.45, 2.75) is 45.6 Å². The smallest absolute Gasteiger partial charge is 0.229 e. The van der Waals surface area contributed by atoms with Gasteiger partial charge in [0.05, 0.1) is 11.5 Å². The standard InChI is InChI=1S/C13H26N2O2/c1-4-6-13(7-5-8-14-10-13)12(17)15(3)9-11(2)16/h11,14,16H,4-10H2,1-3H3. The van der Waals surface area contributed by atoms with E-state index in [9.17, 15) is 9.90 Å². The van der Waals surface area contributed by atoms with E-state index in [0.29, 0.717) is 6.54 Å². The molecule has 0 aromatic carbocycles. The van der Waals surface area contributed by atoms with Crippen molar-refractivity contribution in [3.05, 3.63) is 0 Å². The molecule has 2 N–H and O–H groups in total. The average molecular weight is 242 g/mol. The van der Waals surface area contributed by atoms with E-state index < -0.39 is 6.10 Å². The van der Waals surface area contributed by atoms with Crippen LogP contribution in [0.3, 0.4) is 0 Å². The lowest BCUT2D eigenvalue weighted by atomic mass is 9.75. The van der Waals surface area contributed by atoms with Crippen LogP contribution in [0.2, 0.25) is 0 Å². The fraction of sp³-hybridized carbons (Fsp3) is 0.923. The molecular weight excluding hydrogens is 216 g/mol. The number of likely N-dealkylation sites (N-methyl/N-ethyl adjacent to an activating group) is 1. The quantitative estimate of drug-likeness (QED) is 0.756. The summed E-state index contributed by atoms with van der Waals surface area (Å²) in [6, 6.07) is 0. The first-order valence-electron chi connectivity index (χ1n) is 6.66. The van der Waals surface area contributed by atoms with E-state index in [-0.39, 0.29) is 11.3 Å². The van der Waals surface area contributed by atoms with Crippen LogP contribution in [0.1, 0.15) is 39.5 Å². The molecule has 0 aromatic heterocycles. The molecule has 0 spiro atoms. The first-order valence-corrected chi connectivity index (χ1v) is 6.66. The Balaban J connectivity index is 2.71. The maximum atomic E-state index is 12.5. The van der Waals surface area contributed by atoms with Crippen LogP contribution >= 0.6 is 0 Å². The summed E-state index contributed by atoms with van der Waals surface area (Å²) in [4.78, 5) is 14.2. The number of carbonyl (C=O) groups is 1. The number of aliphatic hydroxyl groups excluding tert-OH is 1. The molecule has 2 unspecified atom stereocenters. The third-order valence-corrected chi connectivity index (χ3v) is 3.54. The van der Waals surface area contributed by atoms with Crippen LogP contribution in [-0.2, 0) is 4.79 Å². The summed E-state index contributed by atoms with van der Waals surface area (Å²) >= 11 is 0. The second-order valence-electron chi connectivity index (χ2n) is 5.35. The van der Waals surface area contributed by atoms with Crippen molar-refractivity contribution < 1.29 is 9.90 Å². The lowest BCUT2D eigenvalue weighted by Gasteiger charge is -2.39. The second kappa shape index (κ2) is 6.36. The van der Waals surface area contributed by atoms with Gasteiger partial charge in [-0.2, -0.15) is 0 Å². The predicted molar refractivity (Wildman–Crippen MR) is 68.8 cm³/mol. The van der Waals surface area contributed by atoms with Gasteiger partial charge < -0.3 is 15.3 Å². The van der Waals surface area contributed by atoms with Gasteiger partial charge in [-0.1, -0.05) is 13.3 Å². The Morgan fingerprint density at radius 3 is 2.76 bits per heavy atom. The normalized spacial score (nSPS) is 26.6. The number of nitrogens with zero attached hydrogens (tertiary/aromatic N) is 1. The highest BCUT2D eigenvalue weighted by atomic mass is 16.3. The van der Waals surface area contributed by atoms with Crippen LogP contribution < -0.4 is 5.32 Å². The van der Waals surface area contributed by atoms with E-state index in [4.69, 9.17) is 0 Å². The van der Waals surface area contributed by atoms with Crippen LogP contribution in [0.5, 0.6) is 0 Å². The van der Waals surface area contributed by atoms with Crippen molar-refractivity contribution in [2.75, 3.05) is 26.7 Å². The highest BCUT2D eigenvalue weighted by Gasteiger charge is 2.40. The number of piperidine rings is 1. The molecule has 4 nitrogen and oxygen atoms in total. The number of hydrogen-bond acceptors (Lipinski definition) is 3. The van der Waals surface area contributed by atoms with Crippen molar-refractivity contribution in [1.29, 1.82) is 0 Å². The molecule has 1 aliphatic heterocycles. The predicted octanol–water partition coefficient (Wildman–Crippen LogP) is 0.995. The van der Waals surface area contributed by atoms with Crippen LogP contribution in [0.15, 0.2) is 0 Å². The summed E-state index contributed by atoms with van der Waals surface area (Å²) < 4.78 is 0. The van der Waals surface area contributed by atoms with E-state index in [1.807, 2.05) is 0 Å². The van der Waals surface area contributed by atoms with Crippen molar-refractivity contribution in [3.63, 3.8) is 0 Å². The summed E-state index contributed by atoms with van der Waals surface area (Å²) in [6.07, 6.45) is 3.53. The van der Waals surface area contributed by atoms with E-state index >= 15 is 0 Å². The van der Waals surface area contributed by atoms with Gasteiger partial charge in [0.15, 0.2) is 0 Å². The number of rotatable bonds is 5. The van der Waals surface area contributed by atoms with E-state index in [0.717, 1.165) is 38.8 Å². The van der Waals surface area contributed by atoms with E-state index in [1.165, 1.54) is 0 Å². The largest absolute Gasteiger partial charge is 0.392 e. The minimum Gasteiger partial charge on any atom is -0.392 e. The zero-order chi connectivity index (χ0) is 12.9. The fourth-order valence-electron chi connectivity index (χ4n) is 2.83. The number of hydrogen-bond donors (Lipinski definition) is 2. The molecule has 100 valence electrons. The Morgan fingerprint density at radius 1 is 1.59 bits per heavy atom. The first-order chi connectivity index (χ1) is 8.02. The van der Waals surface area contributed by atoms with Crippen LogP contribution in [0, 0.1) is 5.41 Å². The molecule has 0 radical (unpaired) electrons. The molecule has 1 aliphatic rings. The van der Waals surface area contributed by atoms with Crippen LogP contribution in [-0.4, -0.2) is 48.7 Å². The van der Waals surface area contributed by atoms with Gasteiger partial charge in [0.1, 0.15) is 0 Å². The molecule has 1 heterocycles. The molecule has 0 aliphatic carbocycles. The fourth-order valence-corrected chi connectivity index (χ4v) is 2.83. The molecule has 0 bridgehead atoms. The Morgan fingerprint density at radius 2 is 2.29 bits per heavy atom. The van der Waals surface area contributed by atoms with Crippen LogP contribution in [0.25, 0.3) is 0 Å². The van der Waals surface area contributed by atoms with E-state index in [1.54, 1.807) is 18.9 Å². The van der Waals surface area contributed by atoms with Gasteiger partial charge in [-0.05, 0) is 32.7 Å². The number of nitrogens with one attached hydrogen (secondary N) is 1. The minimum absolute atomic E-state index is 0.187. The lowest BCUT2D eigenvalue weighted by Crippen LogP contribution is -2.52. The third kappa shape index (κ3) is 3.68. The topological polar surface area (TPSA) is 52.6 Å². The van der Waals surface area contributed by atoms with Gasteiger partial charge in [0.25, 0.3) is 0 Å². The molecule has 1 fully saturated rings. The Hall–Kier alpha value is -0.610. The zero-order valence-electron chi connectivity index (χ0n) is 11.3. The Bertz CT molecular complexity index is 242. The number of aliphatic hydroxyl groups is 1. The molecule has 1 rings (SSSR count). The molecular formula is C13H26N2O2. The van der Waals surface area contributed by atoms with Gasteiger partial charge in [0.2, 0.25) is 5.91 Å². The Labute approximate surface area is 104 Å². The highest BCUT2D eigenvalue weighted by Crippen LogP contribution is 2.33. The molecule has 4 heteroatoms. The zero-order valence-corrected chi connectivity index (χ0v) is 11.3. The van der Waals surface area contributed by atoms with Gasteiger partial charge >= 0.3 is 0 Å². The minimum atomic E-state index is -0.459. The van der Waals surface area contributed by atoms with Crippen molar-refractivity contribution in [1.82, 2.24) is 10.2 Å². The van der Waals surface area contributed by atoms with Gasteiger partial charge in [-0.15, -0.1) is 0 Å². The maximum absolute atomic E-state index is 12.5. The summed E-state index contributed by atoms with van der Waals surface area (Å²) in [5, 5.41) is 12.7. The van der Waals surface area contributed by atoms with Gasteiger partial charge in [-0.25, -0.2) is 0 Å². The lowest BCUT2D eigenvalue weighted by molar-refractivity contribution is -0.143. The van der Waals surface area contributed by atoms with E-state index in [2.05, 4.69) is 12.2 Å². The number of carbonyl (C=O) groups excluding carboxylic acids is 1. The molecule has 1 amide bonds. The highest BCUT2D eigenvalue weighted by molar-refractivity contribution is 5.83. The molecule has 0 saturated carbocycles. The Kier molecular flexibility index (Phi) is 5.40. The molecule has 0 aromatic rings. The molecule has 2 atom stereocenters. The maximum Gasteiger partial charge on any atom is 0.229 e. The van der Waals surface area contributed by atoms with Crippen LogP contribution in [0.4, 0.5) is 0 Å². The number of amides is 1. The summed E-state index contributed by atoms with van der Waals surface area (Å²) in [5.41, 5.74) is -0.239. The van der Waals surface area contributed by atoms with Gasteiger partial charge in [-0.3, -0.25) is 4.79 Å². The molecule has 17 heavy (non-hydrogen) atoms. The summed E-state index contributed by atoms with van der Waals surface area (Å²) in [7, 11) is 1.79.